The van der Waals surface area contributed by atoms with Crippen molar-refractivity contribution in [3.63, 3.8) is 0 Å². The molecule has 0 spiro atoms. The first-order chi connectivity index (χ1) is 33.8. The molecule has 1 nitrogen and oxygen atoms in total. The van der Waals surface area contributed by atoms with Crippen molar-refractivity contribution in [2.75, 3.05) is 7.11 Å². The number of allylic oxidation sites excluding steroid dienone is 3. The highest BCUT2D eigenvalue weighted by Gasteiger charge is 2.49. The molecule has 6 aromatic carbocycles. The number of aryl methyl sites for hydroxylation is 6. The summed E-state index contributed by atoms with van der Waals surface area (Å²) < 4.78 is 6.38. The molecule has 0 aliphatic heterocycles. The molecule has 2 atom stereocenters. The molecule has 0 saturated carbocycles. The average molecular weight is 986 g/mol. The van der Waals surface area contributed by atoms with E-state index < -0.39 is 8.07 Å². The molecular weight excluding hydrogens is 897 g/mol. The van der Waals surface area contributed by atoms with Crippen LogP contribution in [-0.2, 0) is 22.7 Å². The molecular formula is C71H88OSi. The van der Waals surface area contributed by atoms with Crippen LogP contribution in [0.15, 0.2) is 89.5 Å². The zero-order valence-corrected chi connectivity index (χ0v) is 50.4. The van der Waals surface area contributed by atoms with Crippen molar-refractivity contribution >= 4 is 26.3 Å². The van der Waals surface area contributed by atoms with Gasteiger partial charge < -0.3 is 4.74 Å². The van der Waals surface area contributed by atoms with Crippen LogP contribution < -0.4 is 4.74 Å². The SMILES string of the molecule is CC1=Cc2cc(C(C)(C)C)c(C)c(-c3cc(C)cc(C)c3)c2C1.COc1c(C(C)(C)C)cc2c(c1-c1cc(C)cc(C)c1)C=C(C)C2[Si](C)(C)C1C(C)=Cc2c1cc(C(C)(C)C)c(C)c2-c1cc(C)cc(C)c1. The molecule has 0 aromatic heterocycles. The molecule has 0 heterocycles. The number of methoxy groups -OCH3 is 1. The maximum atomic E-state index is 6.38. The van der Waals surface area contributed by atoms with Gasteiger partial charge >= 0.3 is 0 Å². The van der Waals surface area contributed by atoms with Crippen molar-refractivity contribution in [2.45, 2.75) is 185 Å². The van der Waals surface area contributed by atoms with E-state index in [0.29, 0.717) is 11.1 Å². The van der Waals surface area contributed by atoms with Gasteiger partial charge in [0.15, 0.2) is 0 Å². The summed E-state index contributed by atoms with van der Waals surface area (Å²) in [6.07, 6.45) is 8.53. The smallest absolute Gasteiger partial charge is 0.131 e. The lowest BCUT2D eigenvalue weighted by Crippen LogP contribution is -2.42. The third-order valence-corrected chi connectivity index (χ3v) is 21.0. The second-order valence-electron chi connectivity index (χ2n) is 26.8. The van der Waals surface area contributed by atoms with Gasteiger partial charge in [0.25, 0.3) is 0 Å². The van der Waals surface area contributed by atoms with Crippen LogP contribution in [0.3, 0.4) is 0 Å². The predicted octanol–water partition coefficient (Wildman–Crippen LogP) is 20.2. The van der Waals surface area contributed by atoms with E-state index in [-0.39, 0.29) is 16.2 Å². The first kappa shape index (κ1) is 53.8. The van der Waals surface area contributed by atoms with Gasteiger partial charge in [0.1, 0.15) is 5.75 Å². The van der Waals surface area contributed by atoms with Crippen molar-refractivity contribution in [1.82, 2.24) is 0 Å². The summed E-state index contributed by atoms with van der Waals surface area (Å²) in [7, 11) is -0.286. The first-order valence-electron chi connectivity index (χ1n) is 27.2. The highest BCUT2D eigenvalue weighted by atomic mass is 28.3. The van der Waals surface area contributed by atoms with E-state index in [1.807, 2.05) is 7.11 Å². The van der Waals surface area contributed by atoms with Gasteiger partial charge in [-0.1, -0.05) is 217 Å². The number of hydrogen-bond donors (Lipinski definition) is 0. The molecule has 9 rings (SSSR count). The lowest BCUT2D eigenvalue weighted by atomic mass is 9.78. The average Bonchev–Trinajstić information content (AvgIpc) is 3.90. The van der Waals surface area contributed by atoms with Gasteiger partial charge in [0.2, 0.25) is 0 Å². The van der Waals surface area contributed by atoms with Crippen molar-refractivity contribution < 1.29 is 4.74 Å². The van der Waals surface area contributed by atoms with Crippen LogP contribution in [0.2, 0.25) is 13.1 Å². The summed E-state index contributed by atoms with van der Waals surface area (Å²) in [5.41, 5.74) is 37.4. The number of rotatable bonds is 6. The lowest BCUT2D eigenvalue weighted by Gasteiger charge is -2.40. The minimum Gasteiger partial charge on any atom is -0.496 e. The highest BCUT2D eigenvalue weighted by molar-refractivity contribution is 6.81. The molecule has 0 amide bonds. The van der Waals surface area contributed by atoms with Crippen molar-refractivity contribution in [3.8, 4) is 39.1 Å². The van der Waals surface area contributed by atoms with Gasteiger partial charge in [0, 0.05) is 22.2 Å². The number of hydrogen-bond acceptors (Lipinski definition) is 1. The summed E-state index contributed by atoms with van der Waals surface area (Å²) in [5.74, 6) is 1.02. The first-order valence-corrected chi connectivity index (χ1v) is 30.4. The predicted molar refractivity (Wildman–Crippen MR) is 324 cm³/mol. The van der Waals surface area contributed by atoms with E-state index in [9.17, 15) is 0 Å². The maximum Gasteiger partial charge on any atom is 0.131 e. The fourth-order valence-electron chi connectivity index (χ4n) is 14.1. The minimum atomic E-state index is -2.14. The molecule has 3 aliphatic carbocycles. The molecule has 382 valence electrons. The Balaban J connectivity index is 0.000000257. The van der Waals surface area contributed by atoms with Crippen LogP contribution in [0.4, 0.5) is 0 Å². The summed E-state index contributed by atoms with van der Waals surface area (Å²) in [4.78, 5) is 0. The van der Waals surface area contributed by atoms with Crippen molar-refractivity contribution in [3.05, 3.63) is 184 Å². The molecule has 0 radical (unpaired) electrons. The highest BCUT2D eigenvalue weighted by Crippen LogP contribution is 2.58. The lowest BCUT2D eigenvalue weighted by molar-refractivity contribution is 0.399. The largest absolute Gasteiger partial charge is 0.496 e. The Hall–Kier alpha value is -5.44. The zero-order chi connectivity index (χ0) is 53.8. The van der Waals surface area contributed by atoms with Crippen LogP contribution >= 0.6 is 0 Å². The third kappa shape index (κ3) is 10.00. The second-order valence-corrected chi connectivity index (χ2v) is 31.6. The molecule has 0 bridgehead atoms. The van der Waals surface area contributed by atoms with Crippen molar-refractivity contribution in [1.29, 1.82) is 0 Å². The topological polar surface area (TPSA) is 9.23 Å². The fourth-order valence-corrected chi connectivity index (χ4v) is 19.0. The fraction of sp³-hybridized carbons (Fsp3) is 0.408. The van der Waals surface area contributed by atoms with Gasteiger partial charge in [0.05, 0.1) is 15.2 Å². The normalized spacial score (nSPS) is 16.3. The van der Waals surface area contributed by atoms with Crippen LogP contribution in [0.5, 0.6) is 5.75 Å². The Labute approximate surface area is 444 Å². The minimum absolute atomic E-state index is 0.0360. The van der Waals surface area contributed by atoms with Gasteiger partial charge in [-0.3, -0.25) is 0 Å². The molecule has 0 saturated heterocycles. The molecule has 2 unspecified atom stereocenters. The molecule has 2 heteroatoms. The summed E-state index contributed by atoms with van der Waals surface area (Å²) in [6.45, 7) is 51.5. The van der Waals surface area contributed by atoms with Crippen molar-refractivity contribution in [2.24, 2.45) is 0 Å². The summed E-state index contributed by atoms with van der Waals surface area (Å²) in [5, 5.41) is 0. The van der Waals surface area contributed by atoms with Crippen LogP contribution in [0, 0.1) is 55.4 Å². The molecule has 73 heavy (non-hydrogen) atoms. The van der Waals surface area contributed by atoms with E-state index >= 15 is 0 Å². The zero-order valence-electron chi connectivity index (χ0n) is 49.4. The summed E-state index contributed by atoms with van der Waals surface area (Å²) in [6, 6.07) is 28.6. The third-order valence-electron chi connectivity index (χ3n) is 16.5. The molecule has 6 aromatic rings. The Morgan fingerprint density at radius 2 is 0.781 bits per heavy atom. The van der Waals surface area contributed by atoms with Crippen LogP contribution in [0.1, 0.15) is 189 Å². The Kier molecular flexibility index (Phi) is 14.0. The number of benzene rings is 6. The van der Waals surface area contributed by atoms with E-state index in [1.165, 1.54) is 139 Å². The van der Waals surface area contributed by atoms with Gasteiger partial charge in [-0.05, 0) is 182 Å². The standard InChI is InChI=1S/C48H60OSi.C23H28/c1-27-17-28(2)20-34(19-27)42-33(7)40(47(8,9)10)25-38-36(42)23-31(5)45(38)50(15,16)46-32(6)24-37-39(46)26-41(48(11,12)13)44(49-14)43(37)35-21-29(3)18-30(4)22-35;1-14-8-15(2)11-19(10-14)22-17(4)21(23(5,6)7)13-18-9-16(3)12-20(18)22/h17-26,45-46H,1-16H3;8-11,13H,12H2,1-7H3. The van der Waals surface area contributed by atoms with E-state index in [2.05, 4.69) is 243 Å². The maximum absolute atomic E-state index is 6.38. The van der Waals surface area contributed by atoms with E-state index in [0.717, 1.165) is 12.2 Å². The van der Waals surface area contributed by atoms with Gasteiger partial charge in [-0.25, -0.2) is 0 Å². The van der Waals surface area contributed by atoms with Gasteiger partial charge in [-0.15, -0.1) is 0 Å². The monoisotopic (exact) mass is 985 g/mol. The van der Waals surface area contributed by atoms with Crippen LogP contribution in [0.25, 0.3) is 51.6 Å². The van der Waals surface area contributed by atoms with E-state index in [1.54, 1.807) is 5.56 Å². The number of ether oxygens (including phenoxy) is 1. The molecule has 3 aliphatic rings. The Morgan fingerprint density at radius 1 is 0.425 bits per heavy atom. The van der Waals surface area contributed by atoms with E-state index in [4.69, 9.17) is 4.74 Å². The Bertz CT molecular complexity index is 3260. The van der Waals surface area contributed by atoms with Gasteiger partial charge in [-0.2, -0.15) is 0 Å². The Morgan fingerprint density at radius 3 is 1.19 bits per heavy atom. The quantitative estimate of drug-likeness (QED) is 0.151. The molecule has 0 N–H and O–H groups in total. The van der Waals surface area contributed by atoms with Crippen LogP contribution in [-0.4, -0.2) is 15.2 Å². The molecule has 0 fully saturated rings. The summed E-state index contributed by atoms with van der Waals surface area (Å²) >= 11 is 0. The number of fused-ring (bicyclic) bond motifs is 3. The second kappa shape index (κ2) is 19.0.